The lowest BCUT2D eigenvalue weighted by atomic mass is 10.1. The molecule has 0 spiro atoms. The lowest BCUT2D eigenvalue weighted by Gasteiger charge is -2.03. The van der Waals surface area contributed by atoms with Gasteiger partial charge in [-0.25, -0.2) is 0 Å². The van der Waals surface area contributed by atoms with Crippen molar-refractivity contribution in [2.75, 3.05) is 6.54 Å². The first-order valence-electron chi connectivity index (χ1n) is 6.20. The predicted molar refractivity (Wildman–Crippen MR) is 75.5 cm³/mol. The lowest BCUT2D eigenvalue weighted by molar-refractivity contribution is 0.693. The third-order valence-corrected chi connectivity index (χ3v) is 4.03. The molecule has 2 rings (SSSR count). The Bertz CT molecular complexity index is 433. The molecule has 1 nitrogen and oxygen atoms in total. The molecule has 0 saturated heterocycles. The summed E-state index contributed by atoms with van der Waals surface area (Å²) in [4.78, 5) is 2.92. The molecular formula is C15H19NS. The van der Waals surface area contributed by atoms with Crippen LogP contribution in [0.3, 0.4) is 0 Å². The largest absolute Gasteiger partial charge is 0.312 e. The van der Waals surface area contributed by atoms with E-state index < -0.39 is 0 Å². The topological polar surface area (TPSA) is 12.0 Å². The molecule has 17 heavy (non-hydrogen) atoms. The number of rotatable bonds is 6. The molecule has 0 unspecified atom stereocenters. The second-order valence-corrected chi connectivity index (χ2v) is 5.39. The fourth-order valence-corrected chi connectivity index (χ4v) is 2.72. The Morgan fingerprint density at radius 2 is 1.76 bits per heavy atom. The van der Waals surface area contributed by atoms with Gasteiger partial charge in [0.15, 0.2) is 0 Å². The molecule has 0 aliphatic carbocycles. The van der Waals surface area contributed by atoms with Crippen molar-refractivity contribution in [1.29, 1.82) is 0 Å². The van der Waals surface area contributed by atoms with Gasteiger partial charge in [-0.1, -0.05) is 37.3 Å². The Labute approximate surface area is 108 Å². The van der Waals surface area contributed by atoms with Crippen molar-refractivity contribution in [1.82, 2.24) is 5.32 Å². The SMILES string of the molecule is CCc1ccc(CNCCc2ccccc2)s1. The second-order valence-electron chi connectivity index (χ2n) is 4.13. The third kappa shape index (κ3) is 3.99. The summed E-state index contributed by atoms with van der Waals surface area (Å²) in [5, 5.41) is 3.50. The molecule has 1 heterocycles. The van der Waals surface area contributed by atoms with Gasteiger partial charge in [-0.05, 0) is 37.1 Å². The maximum atomic E-state index is 3.50. The highest BCUT2D eigenvalue weighted by atomic mass is 32.1. The van der Waals surface area contributed by atoms with Crippen molar-refractivity contribution in [3.05, 3.63) is 57.8 Å². The van der Waals surface area contributed by atoms with Crippen molar-refractivity contribution in [3.8, 4) is 0 Å². The Morgan fingerprint density at radius 1 is 1.00 bits per heavy atom. The van der Waals surface area contributed by atoms with Gasteiger partial charge in [-0.3, -0.25) is 0 Å². The monoisotopic (exact) mass is 245 g/mol. The smallest absolute Gasteiger partial charge is 0.0299 e. The zero-order valence-corrected chi connectivity index (χ0v) is 11.1. The number of nitrogens with one attached hydrogen (secondary N) is 1. The number of benzene rings is 1. The maximum absolute atomic E-state index is 3.50. The summed E-state index contributed by atoms with van der Waals surface area (Å²) in [5.41, 5.74) is 1.40. The van der Waals surface area contributed by atoms with Gasteiger partial charge in [0.25, 0.3) is 0 Å². The molecule has 1 N–H and O–H groups in total. The average molecular weight is 245 g/mol. The zero-order chi connectivity index (χ0) is 11.9. The van der Waals surface area contributed by atoms with E-state index in [1.54, 1.807) is 0 Å². The minimum absolute atomic E-state index is 0.998. The van der Waals surface area contributed by atoms with Gasteiger partial charge < -0.3 is 5.32 Å². The fourth-order valence-electron chi connectivity index (χ4n) is 1.80. The van der Waals surface area contributed by atoms with Crippen LogP contribution in [0.1, 0.15) is 22.2 Å². The summed E-state index contributed by atoms with van der Waals surface area (Å²) in [5.74, 6) is 0. The molecule has 2 aromatic rings. The summed E-state index contributed by atoms with van der Waals surface area (Å²) in [6, 6.07) is 15.1. The van der Waals surface area contributed by atoms with E-state index in [1.165, 1.54) is 15.3 Å². The Balaban J connectivity index is 1.69. The van der Waals surface area contributed by atoms with Crippen LogP contribution in [-0.4, -0.2) is 6.54 Å². The average Bonchev–Trinajstić information content (AvgIpc) is 2.84. The summed E-state index contributed by atoms with van der Waals surface area (Å²) in [7, 11) is 0. The molecule has 0 aliphatic rings. The first-order valence-corrected chi connectivity index (χ1v) is 7.02. The number of thiophene rings is 1. The lowest BCUT2D eigenvalue weighted by Crippen LogP contribution is -2.15. The van der Waals surface area contributed by atoms with Crippen LogP contribution in [0.2, 0.25) is 0 Å². The van der Waals surface area contributed by atoms with Gasteiger partial charge in [-0.2, -0.15) is 0 Å². The molecule has 0 radical (unpaired) electrons. The van der Waals surface area contributed by atoms with Crippen LogP contribution in [-0.2, 0) is 19.4 Å². The highest BCUT2D eigenvalue weighted by Crippen LogP contribution is 2.16. The highest BCUT2D eigenvalue weighted by Gasteiger charge is 1.98. The van der Waals surface area contributed by atoms with Crippen molar-refractivity contribution in [3.63, 3.8) is 0 Å². The quantitative estimate of drug-likeness (QED) is 0.766. The van der Waals surface area contributed by atoms with E-state index in [1.807, 2.05) is 11.3 Å². The van der Waals surface area contributed by atoms with E-state index in [0.29, 0.717) is 0 Å². The minimum Gasteiger partial charge on any atom is -0.312 e. The number of hydrogen-bond acceptors (Lipinski definition) is 2. The molecule has 0 atom stereocenters. The van der Waals surface area contributed by atoms with Crippen molar-refractivity contribution in [2.24, 2.45) is 0 Å². The van der Waals surface area contributed by atoms with Gasteiger partial charge in [0.05, 0.1) is 0 Å². The molecule has 0 bridgehead atoms. The predicted octanol–water partition coefficient (Wildman–Crippen LogP) is 3.64. The Hall–Kier alpha value is -1.12. The van der Waals surface area contributed by atoms with Gasteiger partial charge in [0, 0.05) is 16.3 Å². The van der Waals surface area contributed by atoms with Crippen LogP contribution in [0.5, 0.6) is 0 Å². The molecule has 1 aromatic carbocycles. The first kappa shape index (κ1) is 12.3. The van der Waals surface area contributed by atoms with Crippen LogP contribution in [0.15, 0.2) is 42.5 Å². The van der Waals surface area contributed by atoms with Gasteiger partial charge in [0.1, 0.15) is 0 Å². The Morgan fingerprint density at radius 3 is 2.47 bits per heavy atom. The third-order valence-electron chi connectivity index (χ3n) is 2.80. The second kappa shape index (κ2) is 6.58. The van der Waals surface area contributed by atoms with Crippen LogP contribution in [0.25, 0.3) is 0 Å². The van der Waals surface area contributed by atoms with E-state index in [2.05, 4.69) is 54.7 Å². The molecule has 2 heteroatoms. The zero-order valence-electron chi connectivity index (χ0n) is 10.3. The molecule has 0 amide bonds. The summed E-state index contributed by atoms with van der Waals surface area (Å²) in [6.07, 6.45) is 2.25. The van der Waals surface area contributed by atoms with Crippen LogP contribution in [0.4, 0.5) is 0 Å². The summed E-state index contributed by atoms with van der Waals surface area (Å²) >= 11 is 1.92. The molecule has 0 fully saturated rings. The normalized spacial score (nSPS) is 10.6. The molecule has 0 aliphatic heterocycles. The summed E-state index contributed by atoms with van der Waals surface area (Å²) in [6.45, 7) is 4.25. The van der Waals surface area contributed by atoms with E-state index >= 15 is 0 Å². The van der Waals surface area contributed by atoms with E-state index in [0.717, 1.165) is 25.9 Å². The maximum Gasteiger partial charge on any atom is 0.0299 e. The van der Waals surface area contributed by atoms with Crippen LogP contribution in [0, 0.1) is 0 Å². The van der Waals surface area contributed by atoms with Crippen molar-refractivity contribution in [2.45, 2.75) is 26.3 Å². The number of aryl methyl sites for hydroxylation is 1. The van der Waals surface area contributed by atoms with Gasteiger partial charge >= 0.3 is 0 Å². The van der Waals surface area contributed by atoms with Crippen LogP contribution >= 0.6 is 11.3 Å². The van der Waals surface area contributed by atoms with Gasteiger partial charge in [0.2, 0.25) is 0 Å². The first-order chi connectivity index (χ1) is 8.38. The van der Waals surface area contributed by atoms with Crippen molar-refractivity contribution < 1.29 is 0 Å². The molecule has 1 aromatic heterocycles. The Kier molecular flexibility index (Phi) is 4.77. The van der Waals surface area contributed by atoms with Gasteiger partial charge in [-0.15, -0.1) is 11.3 Å². The summed E-state index contributed by atoms with van der Waals surface area (Å²) < 4.78 is 0. The molecular weight excluding hydrogens is 226 g/mol. The standard InChI is InChI=1S/C15H19NS/c1-2-14-8-9-15(17-14)12-16-11-10-13-6-4-3-5-7-13/h3-9,16H,2,10-12H2,1H3. The fraction of sp³-hybridized carbons (Fsp3) is 0.333. The minimum atomic E-state index is 0.998. The van der Waals surface area contributed by atoms with Crippen LogP contribution < -0.4 is 5.32 Å². The van der Waals surface area contributed by atoms with E-state index in [-0.39, 0.29) is 0 Å². The van der Waals surface area contributed by atoms with Crippen molar-refractivity contribution >= 4 is 11.3 Å². The molecule has 0 saturated carbocycles. The number of hydrogen-bond donors (Lipinski definition) is 1. The van der Waals surface area contributed by atoms with E-state index in [4.69, 9.17) is 0 Å². The van der Waals surface area contributed by atoms with E-state index in [9.17, 15) is 0 Å². The highest BCUT2D eigenvalue weighted by molar-refractivity contribution is 7.11. The molecule has 90 valence electrons.